The van der Waals surface area contributed by atoms with Crippen molar-refractivity contribution in [1.29, 1.82) is 0 Å². The topological polar surface area (TPSA) is 45.7 Å². The summed E-state index contributed by atoms with van der Waals surface area (Å²) in [5.41, 5.74) is 0.772. The lowest BCUT2D eigenvalue weighted by Gasteiger charge is -2.35. The quantitative estimate of drug-likeness (QED) is 0.748. The van der Waals surface area contributed by atoms with Crippen LogP contribution in [0, 0.1) is 0 Å². The highest BCUT2D eigenvalue weighted by Crippen LogP contribution is 2.34. The van der Waals surface area contributed by atoms with E-state index in [1.807, 2.05) is 33.0 Å². The number of carbonyl (C=O) groups excluding carboxylic acids is 1. The first-order chi connectivity index (χ1) is 12.4. The van der Waals surface area contributed by atoms with Gasteiger partial charge in [-0.25, -0.2) is 9.78 Å². The van der Waals surface area contributed by atoms with Crippen molar-refractivity contribution in [3.05, 3.63) is 23.9 Å². The van der Waals surface area contributed by atoms with Crippen LogP contribution in [0.4, 0.5) is 10.6 Å². The molecule has 0 spiro atoms. The molecule has 1 unspecified atom stereocenters. The van der Waals surface area contributed by atoms with Gasteiger partial charge in [0.1, 0.15) is 11.4 Å². The third-order valence-corrected chi connectivity index (χ3v) is 5.03. The van der Waals surface area contributed by atoms with Crippen LogP contribution in [0.1, 0.15) is 77.8 Å². The molecule has 1 amide bonds. The molecule has 1 aliphatic heterocycles. The Bertz CT molecular complexity index is 603. The van der Waals surface area contributed by atoms with Crippen molar-refractivity contribution in [3.63, 3.8) is 0 Å². The first-order valence-electron chi connectivity index (χ1n) is 10.1. The molecule has 5 heteroatoms. The van der Waals surface area contributed by atoms with Gasteiger partial charge in [-0.3, -0.25) is 9.80 Å². The maximum atomic E-state index is 12.6. The predicted octanol–water partition coefficient (Wildman–Crippen LogP) is 4.92. The molecule has 1 atom stereocenters. The Morgan fingerprint density at radius 1 is 1.27 bits per heavy atom. The number of nitrogens with zero attached hydrogens (tertiary/aromatic N) is 3. The fourth-order valence-electron chi connectivity index (χ4n) is 3.73. The molecule has 1 saturated carbocycles. The number of hydrogen-bond donors (Lipinski definition) is 0. The molecule has 0 bridgehead atoms. The Kier molecular flexibility index (Phi) is 5.86. The van der Waals surface area contributed by atoms with Gasteiger partial charge in [-0.1, -0.05) is 19.4 Å². The number of aromatic nitrogens is 1. The number of anilines is 1. The number of ether oxygens (including phenoxy) is 1. The van der Waals surface area contributed by atoms with Crippen LogP contribution in [0.3, 0.4) is 0 Å². The molecule has 26 heavy (non-hydrogen) atoms. The second-order valence-corrected chi connectivity index (χ2v) is 8.58. The number of likely N-dealkylation sites (tertiary alicyclic amines) is 1. The smallest absolute Gasteiger partial charge is 0.416 e. The third kappa shape index (κ3) is 4.76. The summed E-state index contributed by atoms with van der Waals surface area (Å²) in [6, 6.07) is 4.84. The number of amides is 1. The van der Waals surface area contributed by atoms with E-state index in [0.29, 0.717) is 11.9 Å². The van der Waals surface area contributed by atoms with Crippen LogP contribution in [0.2, 0.25) is 0 Å². The second-order valence-electron chi connectivity index (χ2n) is 8.58. The van der Waals surface area contributed by atoms with E-state index < -0.39 is 5.60 Å². The van der Waals surface area contributed by atoms with Crippen molar-refractivity contribution in [2.75, 3.05) is 18.0 Å². The lowest BCUT2D eigenvalue weighted by Crippen LogP contribution is -2.39. The maximum Gasteiger partial charge on any atom is 0.416 e. The largest absolute Gasteiger partial charge is 0.443 e. The van der Waals surface area contributed by atoms with Crippen LogP contribution in [0.25, 0.3) is 0 Å². The summed E-state index contributed by atoms with van der Waals surface area (Å²) in [7, 11) is 0. The van der Waals surface area contributed by atoms with Crippen LogP contribution < -0.4 is 4.90 Å². The van der Waals surface area contributed by atoms with Crippen LogP contribution in [0.15, 0.2) is 18.3 Å². The van der Waals surface area contributed by atoms with Crippen LogP contribution in [-0.4, -0.2) is 40.7 Å². The minimum atomic E-state index is -0.493. The van der Waals surface area contributed by atoms with E-state index in [4.69, 9.17) is 4.74 Å². The lowest BCUT2D eigenvalue weighted by molar-refractivity contribution is 0.0576. The Labute approximate surface area is 157 Å². The van der Waals surface area contributed by atoms with Gasteiger partial charge in [0.05, 0.1) is 0 Å². The van der Waals surface area contributed by atoms with Gasteiger partial charge in [-0.05, 0) is 77.6 Å². The molecule has 2 aliphatic rings. The average molecular weight is 360 g/mol. The molecule has 1 saturated heterocycles. The van der Waals surface area contributed by atoms with Gasteiger partial charge in [0.2, 0.25) is 0 Å². The number of carbonyl (C=O) groups is 1. The zero-order valence-electron chi connectivity index (χ0n) is 16.7. The van der Waals surface area contributed by atoms with Gasteiger partial charge in [0.25, 0.3) is 0 Å². The predicted molar refractivity (Wildman–Crippen MR) is 104 cm³/mol. The number of hydrogen-bond acceptors (Lipinski definition) is 4. The summed E-state index contributed by atoms with van der Waals surface area (Å²) in [4.78, 5) is 21.6. The SMILES string of the molecule is CCCN1CCCCC1c1ccc(N(C(=O)OC(C)(C)C)C2CC2)nc1. The molecular weight excluding hydrogens is 326 g/mol. The van der Waals surface area contributed by atoms with Crippen molar-refractivity contribution in [1.82, 2.24) is 9.88 Å². The van der Waals surface area contributed by atoms with Crippen molar-refractivity contribution in [3.8, 4) is 0 Å². The fraction of sp³-hybridized carbons (Fsp3) is 0.714. The minimum Gasteiger partial charge on any atom is -0.443 e. The van der Waals surface area contributed by atoms with E-state index in [2.05, 4.69) is 22.9 Å². The molecular formula is C21H33N3O2. The molecule has 2 heterocycles. The van der Waals surface area contributed by atoms with Gasteiger partial charge < -0.3 is 4.74 Å². The number of piperidine rings is 1. The van der Waals surface area contributed by atoms with Crippen LogP contribution >= 0.6 is 0 Å². The van der Waals surface area contributed by atoms with Gasteiger partial charge in [-0.2, -0.15) is 0 Å². The first-order valence-corrected chi connectivity index (χ1v) is 10.1. The summed E-state index contributed by atoms with van der Waals surface area (Å²) >= 11 is 0. The third-order valence-electron chi connectivity index (χ3n) is 5.03. The number of pyridine rings is 1. The zero-order chi connectivity index (χ0) is 18.7. The summed E-state index contributed by atoms with van der Waals surface area (Å²) in [6.45, 7) is 10.2. The summed E-state index contributed by atoms with van der Waals surface area (Å²) in [5, 5.41) is 0. The molecule has 2 fully saturated rings. The van der Waals surface area contributed by atoms with Crippen molar-refractivity contribution >= 4 is 11.9 Å². The lowest BCUT2D eigenvalue weighted by atomic mass is 9.96. The second kappa shape index (κ2) is 7.95. The molecule has 1 aromatic heterocycles. The number of rotatable bonds is 5. The van der Waals surface area contributed by atoms with Gasteiger partial charge in [-0.15, -0.1) is 0 Å². The Balaban J connectivity index is 1.75. The van der Waals surface area contributed by atoms with E-state index in [0.717, 1.165) is 19.4 Å². The highest BCUT2D eigenvalue weighted by atomic mass is 16.6. The maximum absolute atomic E-state index is 12.6. The van der Waals surface area contributed by atoms with Crippen molar-refractivity contribution in [2.24, 2.45) is 0 Å². The molecule has 3 rings (SSSR count). The first kappa shape index (κ1) is 19.2. The average Bonchev–Trinajstić information content (AvgIpc) is 3.40. The van der Waals surface area contributed by atoms with Crippen LogP contribution in [0.5, 0.6) is 0 Å². The highest BCUT2D eigenvalue weighted by Gasteiger charge is 2.37. The van der Waals surface area contributed by atoms with Gasteiger partial charge in [0, 0.05) is 18.3 Å². The highest BCUT2D eigenvalue weighted by molar-refractivity contribution is 5.88. The van der Waals surface area contributed by atoms with E-state index in [1.54, 1.807) is 4.90 Å². The molecule has 1 aromatic rings. The van der Waals surface area contributed by atoms with E-state index >= 15 is 0 Å². The fourth-order valence-corrected chi connectivity index (χ4v) is 3.73. The molecule has 0 aromatic carbocycles. The normalized spacial score (nSPS) is 21.5. The summed E-state index contributed by atoms with van der Waals surface area (Å²) in [5.74, 6) is 0.711. The monoisotopic (exact) mass is 359 g/mol. The van der Waals surface area contributed by atoms with E-state index in [-0.39, 0.29) is 12.1 Å². The molecule has 5 nitrogen and oxygen atoms in total. The molecule has 1 aliphatic carbocycles. The van der Waals surface area contributed by atoms with Crippen molar-refractivity contribution < 1.29 is 9.53 Å². The molecule has 144 valence electrons. The van der Waals surface area contributed by atoms with Gasteiger partial charge in [0.15, 0.2) is 0 Å². The van der Waals surface area contributed by atoms with Crippen molar-refractivity contribution in [2.45, 2.75) is 83.9 Å². The van der Waals surface area contributed by atoms with Crippen LogP contribution in [-0.2, 0) is 4.74 Å². The summed E-state index contributed by atoms with van der Waals surface area (Å²) < 4.78 is 5.59. The molecule has 0 N–H and O–H groups in total. The van der Waals surface area contributed by atoms with E-state index in [1.165, 1.54) is 37.8 Å². The zero-order valence-corrected chi connectivity index (χ0v) is 16.7. The Morgan fingerprint density at radius 3 is 2.62 bits per heavy atom. The Hall–Kier alpha value is -1.62. The van der Waals surface area contributed by atoms with E-state index in [9.17, 15) is 4.79 Å². The molecule has 0 radical (unpaired) electrons. The standard InChI is InChI=1S/C21H33N3O2/c1-5-13-23-14-7-6-8-18(23)16-9-12-19(22-15-16)24(17-10-11-17)20(25)26-21(2,3)4/h9,12,15,17-18H,5-8,10-11,13-14H2,1-4H3. The minimum absolute atomic E-state index is 0.231. The Morgan fingerprint density at radius 2 is 2.04 bits per heavy atom. The summed E-state index contributed by atoms with van der Waals surface area (Å²) in [6.07, 6.45) is 8.66. The van der Waals surface area contributed by atoms with Gasteiger partial charge >= 0.3 is 6.09 Å².